The molecule has 0 radical (unpaired) electrons. The van der Waals surface area contributed by atoms with Crippen LogP contribution in [0, 0.1) is 6.92 Å². The van der Waals surface area contributed by atoms with Crippen LogP contribution in [0.3, 0.4) is 0 Å². The number of ether oxygens (including phenoxy) is 1. The zero-order valence-electron chi connectivity index (χ0n) is 16.6. The lowest BCUT2D eigenvalue weighted by atomic mass is 10.00. The molecular formula is C24H20ClNO3S. The van der Waals surface area contributed by atoms with Gasteiger partial charge < -0.3 is 4.74 Å². The van der Waals surface area contributed by atoms with Crippen LogP contribution >= 0.6 is 11.6 Å². The zero-order valence-corrected chi connectivity index (χ0v) is 18.2. The van der Waals surface area contributed by atoms with E-state index in [1.807, 2.05) is 55.5 Å². The molecule has 1 heterocycles. The number of hydrogen-bond donors (Lipinski definition) is 0. The first-order valence-electron chi connectivity index (χ1n) is 9.54. The minimum absolute atomic E-state index is 0.0446. The number of pyridine rings is 1. The number of benzene rings is 3. The van der Waals surface area contributed by atoms with Crippen LogP contribution in [0.1, 0.15) is 12.6 Å². The van der Waals surface area contributed by atoms with E-state index in [9.17, 15) is 8.42 Å². The van der Waals surface area contributed by atoms with E-state index in [0.717, 1.165) is 27.7 Å². The molecule has 0 N–H and O–H groups in total. The monoisotopic (exact) mass is 437 g/mol. The molecule has 0 saturated heterocycles. The molecule has 0 spiro atoms. The fourth-order valence-electron chi connectivity index (χ4n) is 3.34. The van der Waals surface area contributed by atoms with Gasteiger partial charge in [-0.1, -0.05) is 48.9 Å². The van der Waals surface area contributed by atoms with Crippen LogP contribution in [0.25, 0.3) is 22.0 Å². The molecule has 0 fully saturated rings. The Kier molecular flexibility index (Phi) is 5.50. The van der Waals surface area contributed by atoms with Crippen molar-refractivity contribution < 1.29 is 13.2 Å². The van der Waals surface area contributed by atoms with Crippen molar-refractivity contribution in [1.29, 1.82) is 0 Å². The number of nitrogens with zero attached hydrogens (tertiary/aromatic N) is 1. The van der Waals surface area contributed by atoms with E-state index in [-0.39, 0.29) is 10.6 Å². The van der Waals surface area contributed by atoms with Gasteiger partial charge in [-0.3, -0.25) is 4.98 Å². The van der Waals surface area contributed by atoms with Gasteiger partial charge in [0.05, 0.1) is 21.2 Å². The first kappa shape index (κ1) is 20.4. The maximum Gasteiger partial charge on any atom is 0.178 e. The summed E-state index contributed by atoms with van der Waals surface area (Å²) in [6.45, 7) is 3.56. The van der Waals surface area contributed by atoms with Crippen molar-refractivity contribution in [3.63, 3.8) is 0 Å². The van der Waals surface area contributed by atoms with Gasteiger partial charge >= 0.3 is 0 Å². The molecule has 0 bridgehead atoms. The Balaban J connectivity index is 1.74. The third-order valence-corrected chi connectivity index (χ3v) is 6.88. The smallest absolute Gasteiger partial charge is 0.178 e. The Morgan fingerprint density at radius 3 is 2.40 bits per heavy atom. The van der Waals surface area contributed by atoms with Gasteiger partial charge in [-0.25, -0.2) is 8.42 Å². The van der Waals surface area contributed by atoms with Gasteiger partial charge in [0.15, 0.2) is 9.84 Å². The number of hydrogen-bond acceptors (Lipinski definition) is 4. The first-order valence-corrected chi connectivity index (χ1v) is 11.6. The van der Waals surface area contributed by atoms with Crippen LogP contribution in [-0.2, 0) is 9.84 Å². The number of fused-ring (bicyclic) bond motifs is 1. The quantitative estimate of drug-likeness (QED) is 0.360. The topological polar surface area (TPSA) is 56.3 Å². The second-order valence-corrected chi connectivity index (χ2v) is 9.64. The second kappa shape index (κ2) is 8.09. The highest BCUT2D eigenvalue weighted by Crippen LogP contribution is 2.34. The minimum atomic E-state index is -3.30. The van der Waals surface area contributed by atoms with Crippen LogP contribution < -0.4 is 4.74 Å². The van der Waals surface area contributed by atoms with Gasteiger partial charge in [0.25, 0.3) is 0 Å². The summed E-state index contributed by atoms with van der Waals surface area (Å²) in [4.78, 5) is 4.83. The predicted molar refractivity (Wildman–Crippen MR) is 121 cm³/mol. The van der Waals surface area contributed by atoms with Crippen LogP contribution in [0.4, 0.5) is 0 Å². The van der Waals surface area contributed by atoms with E-state index in [2.05, 4.69) is 4.98 Å². The van der Waals surface area contributed by atoms with E-state index < -0.39 is 9.84 Å². The number of rotatable bonds is 5. The van der Waals surface area contributed by atoms with E-state index in [4.69, 9.17) is 16.3 Å². The summed E-state index contributed by atoms with van der Waals surface area (Å²) in [5.74, 6) is 1.13. The van der Waals surface area contributed by atoms with E-state index in [0.29, 0.717) is 16.5 Å². The van der Waals surface area contributed by atoms with Crippen LogP contribution in [0.5, 0.6) is 11.5 Å². The van der Waals surface area contributed by atoms with Crippen molar-refractivity contribution in [1.82, 2.24) is 4.98 Å². The third kappa shape index (κ3) is 4.04. The van der Waals surface area contributed by atoms with Crippen LogP contribution in [0.15, 0.2) is 77.7 Å². The molecule has 3 aromatic carbocycles. The van der Waals surface area contributed by atoms with Gasteiger partial charge in [0.1, 0.15) is 11.5 Å². The Bertz CT molecular complexity index is 1350. The molecule has 0 saturated carbocycles. The summed E-state index contributed by atoms with van der Waals surface area (Å²) >= 11 is 6.35. The molecule has 0 amide bonds. The fourth-order valence-corrected chi connectivity index (χ4v) is 4.47. The Morgan fingerprint density at radius 2 is 1.63 bits per heavy atom. The lowest BCUT2D eigenvalue weighted by Crippen LogP contribution is -2.03. The summed E-state index contributed by atoms with van der Waals surface area (Å²) in [5, 5.41) is 1.57. The highest BCUT2D eigenvalue weighted by molar-refractivity contribution is 7.91. The molecule has 4 nitrogen and oxygen atoms in total. The van der Waals surface area contributed by atoms with Gasteiger partial charge in [0, 0.05) is 11.1 Å². The molecule has 0 aliphatic carbocycles. The average molecular weight is 438 g/mol. The summed E-state index contributed by atoms with van der Waals surface area (Å²) in [5.41, 5.74) is 3.60. The average Bonchev–Trinajstić information content (AvgIpc) is 2.74. The molecule has 0 unspecified atom stereocenters. The molecule has 4 aromatic rings. The standard InChI is InChI=1S/C24H20ClNO3S/c1-3-30(27,28)20-10-5-9-19(15-20)29-18-8-4-7-17(14-18)22-13-16(2)26-24-21(22)11-6-12-23(24)25/h4-15H,3H2,1-2H3. The number of aromatic nitrogens is 1. The highest BCUT2D eigenvalue weighted by atomic mass is 35.5. The van der Waals surface area contributed by atoms with Gasteiger partial charge in [0.2, 0.25) is 0 Å². The lowest BCUT2D eigenvalue weighted by molar-refractivity contribution is 0.481. The number of aryl methyl sites for hydroxylation is 1. The summed E-state index contributed by atoms with van der Waals surface area (Å²) in [6.07, 6.45) is 0. The first-order chi connectivity index (χ1) is 14.4. The third-order valence-electron chi connectivity index (χ3n) is 4.84. The van der Waals surface area contributed by atoms with Gasteiger partial charge in [-0.05, 0) is 60.5 Å². The SMILES string of the molecule is CCS(=O)(=O)c1cccc(Oc2cccc(-c3cc(C)nc4c(Cl)cccc34)c2)c1. The fraction of sp³-hybridized carbons (Fsp3) is 0.125. The number of para-hydroxylation sites is 1. The second-order valence-electron chi connectivity index (χ2n) is 6.96. The van der Waals surface area contributed by atoms with Gasteiger partial charge in [-0.2, -0.15) is 0 Å². The largest absolute Gasteiger partial charge is 0.457 e. The van der Waals surface area contributed by atoms with Crippen LogP contribution in [-0.4, -0.2) is 19.2 Å². The van der Waals surface area contributed by atoms with Crippen LogP contribution in [0.2, 0.25) is 5.02 Å². The molecule has 152 valence electrons. The summed E-state index contributed by atoms with van der Waals surface area (Å²) in [7, 11) is -3.30. The van der Waals surface area contributed by atoms with Crippen molar-refractivity contribution in [3.8, 4) is 22.6 Å². The maximum absolute atomic E-state index is 12.2. The Labute approximate surface area is 181 Å². The molecule has 0 aliphatic rings. The van der Waals surface area contributed by atoms with Crippen molar-refractivity contribution in [2.24, 2.45) is 0 Å². The molecule has 0 aliphatic heterocycles. The highest BCUT2D eigenvalue weighted by Gasteiger charge is 2.13. The molecule has 30 heavy (non-hydrogen) atoms. The molecule has 1 aromatic heterocycles. The molecular weight excluding hydrogens is 418 g/mol. The van der Waals surface area contributed by atoms with Crippen molar-refractivity contribution >= 4 is 32.3 Å². The molecule has 0 atom stereocenters. The lowest BCUT2D eigenvalue weighted by Gasteiger charge is -2.12. The number of halogens is 1. The Morgan fingerprint density at radius 1 is 0.933 bits per heavy atom. The van der Waals surface area contributed by atoms with E-state index in [1.54, 1.807) is 31.2 Å². The Hall–Kier alpha value is -2.89. The maximum atomic E-state index is 12.2. The minimum Gasteiger partial charge on any atom is -0.457 e. The summed E-state index contributed by atoms with van der Waals surface area (Å²) < 4.78 is 30.3. The predicted octanol–water partition coefficient (Wildman–Crippen LogP) is 6.45. The summed E-state index contributed by atoms with van der Waals surface area (Å²) in [6, 6.07) is 22.0. The van der Waals surface area contributed by atoms with Crippen molar-refractivity contribution in [2.75, 3.05) is 5.75 Å². The molecule has 6 heteroatoms. The van der Waals surface area contributed by atoms with Crippen molar-refractivity contribution in [3.05, 3.63) is 83.5 Å². The van der Waals surface area contributed by atoms with Gasteiger partial charge in [-0.15, -0.1) is 0 Å². The number of sulfone groups is 1. The van der Waals surface area contributed by atoms with E-state index >= 15 is 0 Å². The van der Waals surface area contributed by atoms with E-state index in [1.165, 1.54) is 0 Å². The zero-order chi connectivity index (χ0) is 21.3. The van der Waals surface area contributed by atoms with Crippen molar-refractivity contribution in [2.45, 2.75) is 18.7 Å². The normalized spacial score (nSPS) is 11.6. The molecule has 4 rings (SSSR count).